The second-order valence-electron chi connectivity index (χ2n) is 5.30. The molecule has 20 heavy (non-hydrogen) atoms. The molecule has 0 atom stereocenters. The van der Waals surface area contributed by atoms with Gasteiger partial charge in [0.25, 0.3) is 0 Å². The van der Waals surface area contributed by atoms with Crippen LogP contribution in [0.4, 0.5) is 5.82 Å². The summed E-state index contributed by atoms with van der Waals surface area (Å²) in [5.74, 6) is 0.783. The molecular formula is C13H22N4O2S. The summed E-state index contributed by atoms with van der Waals surface area (Å²) in [6.07, 6.45) is 5.85. The Morgan fingerprint density at radius 2 is 1.95 bits per heavy atom. The zero-order valence-electron chi connectivity index (χ0n) is 11.9. The number of hydrogen-bond acceptors (Lipinski definition) is 5. The van der Waals surface area contributed by atoms with E-state index in [0.29, 0.717) is 12.1 Å². The molecule has 0 aromatic carbocycles. The van der Waals surface area contributed by atoms with E-state index in [4.69, 9.17) is 5.14 Å². The lowest BCUT2D eigenvalue weighted by molar-refractivity contribution is 0.350. The molecule has 0 spiro atoms. The van der Waals surface area contributed by atoms with E-state index in [9.17, 15) is 8.42 Å². The predicted molar refractivity (Wildman–Crippen MR) is 79.1 cm³/mol. The largest absolute Gasteiger partial charge is 0.357 e. The smallest absolute Gasteiger partial charge is 0.239 e. The first-order valence-electron chi connectivity index (χ1n) is 6.81. The summed E-state index contributed by atoms with van der Waals surface area (Å²) < 4.78 is 22.4. The first-order chi connectivity index (χ1) is 9.41. The van der Waals surface area contributed by atoms with Gasteiger partial charge in [0.2, 0.25) is 10.0 Å². The Hall–Kier alpha value is -1.18. The summed E-state index contributed by atoms with van der Waals surface area (Å²) in [5, 5.41) is 8.38. The predicted octanol–water partition coefficient (Wildman–Crippen LogP) is 0.696. The minimum absolute atomic E-state index is 0.0496. The van der Waals surface area contributed by atoms with Gasteiger partial charge >= 0.3 is 0 Å². The van der Waals surface area contributed by atoms with E-state index in [1.165, 1.54) is 12.3 Å². The Balaban J connectivity index is 2.05. The second kappa shape index (κ2) is 6.07. The number of sulfonamides is 1. The number of nitrogens with zero attached hydrogens (tertiary/aromatic N) is 2. The molecular weight excluding hydrogens is 276 g/mol. The monoisotopic (exact) mass is 298 g/mol. The summed E-state index contributed by atoms with van der Waals surface area (Å²) in [5.41, 5.74) is 0. The molecule has 0 unspecified atom stereocenters. The maximum absolute atomic E-state index is 11.2. The van der Waals surface area contributed by atoms with Crippen molar-refractivity contribution in [2.45, 2.75) is 42.7 Å². The van der Waals surface area contributed by atoms with Crippen molar-refractivity contribution in [1.82, 2.24) is 10.3 Å². The Labute approximate surface area is 120 Å². The molecule has 1 aromatic heterocycles. The summed E-state index contributed by atoms with van der Waals surface area (Å²) in [6, 6.07) is 4.28. The minimum atomic E-state index is -3.67. The van der Waals surface area contributed by atoms with Gasteiger partial charge < -0.3 is 10.2 Å². The molecule has 1 aliphatic rings. The number of pyridine rings is 1. The minimum Gasteiger partial charge on any atom is -0.357 e. The van der Waals surface area contributed by atoms with Crippen LogP contribution in [0.2, 0.25) is 0 Å². The molecule has 1 heterocycles. The molecule has 0 bridgehead atoms. The Kier molecular flexibility index (Phi) is 4.62. The third-order valence-corrected chi connectivity index (χ3v) is 4.96. The Morgan fingerprint density at radius 1 is 1.30 bits per heavy atom. The highest BCUT2D eigenvalue weighted by Crippen LogP contribution is 2.25. The van der Waals surface area contributed by atoms with Gasteiger partial charge in [-0.05, 0) is 44.9 Å². The van der Waals surface area contributed by atoms with Crippen molar-refractivity contribution < 1.29 is 8.42 Å². The summed E-state index contributed by atoms with van der Waals surface area (Å²) in [7, 11) is 0.335. The number of nitrogens with one attached hydrogen (secondary N) is 1. The molecule has 3 N–H and O–H groups in total. The van der Waals surface area contributed by atoms with Crippen LogP contribution in [-0.4, -0.2) is 39.6 Å². The number of hydrogen-bond donors (Lipinski definition) is 2. The number of nitrogens with two attached hydrogens (primary N) is 1. The summed E-state index contributed by atoms with van der Waals surface area (Å²) in [4.78, 5) is 6.38. The Bertz CT molecular complexity index is 536. The van der Waals surface area contributed by atoms with Gasteiger partial charge in [-0.1, -0.05) is 0 Å². The molecule has 1 saturated carbocycles. The van der Waals surface area contributed by atoms with Crippen LogP contribution in [0, 0.1) is 0 Å². The van der Waals surface area contributed by atoms with Crippen molar-refractivity contribution in [2.75, 3.05) is 19.0 Å². The molecule has 0 aliphatic heterocycles. The molecule has 1 fully saturated rings. The fourth-order valence-electron chi connectivity index (χ4n) is 2.69. The lowest BCUT2D eigenvalue weighted by atomic mass is 9.90. The molecule has 1 aliphatic carbocycles. The summed E-state index contributed by atoms with van der Waals surface area (Å²) >= 11 is 0. The number of anilines is 1. The fourth-order valence-corrected chi connectivity index (χ4v) is 3.15. The summed E-state index contributed by atoms with van der Waals surface area (Å²) in [6.45, 7) is 0. The third kappa shape index (κ3) is 3.47. The zero-order valence-corrected chi connectivity index (χ0v) is 12.7. The van der Waals surface area contributed by atoms with Crippen molar-refractivity contribution in [2.24, 2.45) is 5.14 Å². The van der Waals surface area contributed by atoms with E-state index >= 15 is 0 Å². The van der Waals surface area contributed by atoms with Gasteiger partial charge in [-0.3, -0.25) is 0 Å². The lowest BCUT2D eigenvalue weighted by Gasteiger charge is -2.35. The van der Waals surface area contributed by atoms with E-state index < -0.39 is 10.0 Å². The van der Waals surface area contributed by atoms with Gasteiger partial charge in [0, 0.05) is 25.3 Å². The lowest BCUT2D eigenvalue weighted by Crippen LogP contribution is -2.40. The van der Waals surface area contributed by atoms with Crippen LogP contribution in [0.1, 0.15) is 25.7 Å². The van der Waals surface area contributed by atoms with E-state index in [0.717, 1.165) is 31.5 Å². The average Bonchev–Trinajstić information content (AvgIpc) is 2.46. The van der Waals surface area contributed by atoms with Crippen LogP contribution in [0.5, 0.6) is 0 Å². The zero-order chi connectivity index (χ0) is 14.8. The van der Waals surface area contributed by atoms with E-state index in [1.54, 1.807) is 6.07 Å². The maximum atomic E-state index is 11.2. The van der Waals surface area contributed by atoms with Crippen LogP contribution in [0.15, 0.2) is 23.2 Å². The van der Waals surface area contributed by atoms with Crippen molar-refractivity contribution >= 4 is 15.8 Å². The van der Waals surface area contributed by atoms with Gasteiger partial charge in [-0.15, -0.1) is 0 Å². The van der Waals surface area contributed by atoms with Gasteiger partial charge in [0.15, 0.2) is 0 Å². The molecule has 0 saturated heterocycles. The highest BCUT2D eigenvalue weighted by molar-refractivity contribution is 7.89. The number of rotatable bonds is 4. The molecule has 1 aromatic rings. The first-order valence-corrected chi connectivity index (χ1v) is 8.35. The van der Waals surface area contributed by atoms with Crippen molar-refractivity contribution in [1.29, 1.82) is 0 Å². The molecule has 6 nitrogen and oxygen atoms in total. The van der Waals surface area contributed by atoms with Crippen molar-refractivity contribution in [3.63, 3.8) is 0 Å². The van der Waals surface area contributed by atoms with Crippen LogP contribution in [0.25, 0.3) is 0 Å². The van der Waals surface area contributed by atoms with E-state index in [-0.39, 0.29) is 4.90 Å². The standard InChI is InChI=1S/C13H22N4O2S/c1-15-10-3-5-11(6-4-10)17(2)13-8-7-12(9-16-13)20(14,18)19/h7-11,15H,3-6H2,1-2H3,(H2,14,18,19). The SMILES string of the molecule is CNC1CCC(N(C)c2ccc(S(N)(=O)=O)cn2)CC1. The van der Waals surface area contributed by atoms with Gasteiger partial charge in [0.1, 0.15) is 10.7 Å². The maximum Gasteiger partial charge on any atom is 0.239 e. The van der Waals surface area contributed by atoms with Crippen LogP contribution >= 0.6 is 0 Å². The molecule has 0 amide bonds. The topological polar surface area (TPSA) is 88.3 Å². The van der Waals surface area contributed by atoms with Crippen LogP contribution in [0.3, 0.4) is 0 Å². The molecule has 7 heteroatoms. The second-order valence-corrected chi connectivity index (χ2v) is 6.86. The highest BCUT2D eigenvalue weighted by atomic mass is 32.2. The van der Waals surface area contributed by atoms with Gasteiger partial charge in [-0.2, -0.15) is 0 Å². The first kappa shape index (κ1) is 15.2. The van der Waals surface area contributed by atoms with Crippen LogP contribution in [-0.2, 0) is 10.0 Å². The average molecular weight is 298 g/mol. The third-order valence-electron chi connectivity index (χ3n) is 4.06. The normalized spacial score (nSPS) is 23.6. The van der Waals surface area contributed by atoms with E-state index in [2.05, 4.69) is 15.2 Å². The van der Waals surface area contributed by atoms with Crippen LogP contribution < -0.4 is 15.4 Å². The van der Waals surface area contributed by atoms with Crippen molar-refractivity contribution in [3.05, 3.63) is 18.3 Å². The Morgan fingerprint density at radius 3 is 2.40 bits per heavy atom. The van der Waals surface area contributed by atoms with Gasteiger partial charge in [-0.25, -0.2) is 18.5 Å². The highest BCUT2D eigenvalue weighted by Gasteiger charge is 2.24. The quantitative estimate of drug-likeness (QED) is 0.854. The number of primary sulfonamides is 1. The molecule has 0 radical (unpaired) electrons. The van der Waals surface area contributed by atoms with E-state index in [1.807, 2.05) is 14.1 Å². The van der Waals surface area contributed by atoms with Crippen molar-refractivity contribution in [3.8, 4) is 0 Å². The number of aromatic nitrogens is 1. The van der Waals surface area contributed by atoms with Gasteiger partial charge in [0.05, 0.1) is 0 Å². The molecule has 2 rings (SSSR count). The molecule has 112 valence electrons. The fraction of sp³-hybridized carbons (Fsp3) is 0.615.